The van der Waals surface area contributed by atoms with Gasteiger partial charge in [-0.15, -0.1) is 0 Å². The average Bonchev–Trinajstić information content (AvgIpc) is 2.12. The lowest BCUT2D eigenvalue weighted by molar-refractivity contribution is -0.332. The van der Waals surface area contributed by atoms with Gasteiger partial charge in [0.1, 0.15) is 0 Å². The smallest absolute Gasteiger partial charge is 0.285 e. The van der Waals surface area contributed by atoms with Crippen LogP contribution in [0.4, 0.5) is 30.7 Å². The Morgan fingerprint density at radius 3 is 1.71 bits per heavy atom. The minimum Gasteiger partial charge on any atom is -0.285 e. The number of nitrogens with one attached hydrogen (secondary N) is 1. The van der Waals surface area contributed by atoms with Crippen molar-refractivity contribution in [2.75, 3.05) is 0 Å². The van der Waals surface area contributed by atoms with Gasteiger partial charge in [-0.05, 0) is 6.92 Å². The molecule has 0 fully saturated rings. The van der Waals surface area contributed by atoms with E-state index < -0.39 is 27.4 Å². The van der Waals surface area contributed by atoms with Crippen LogP contribution in [0.1, 0.15) is 6.92 Å². The lowest BCUT2D eigenvalue weighted by Crippen LogP contribution is -2.58. The fraction of sp³-hybridized carbons (Fsp3) is 0.667. The van der Waals surface area contributed by atoms with Crippen LogP contribution in [0.2, 0.25) is 0 Å². The SMILES string of the molecule is C/C=C\NS(=O)(=O)C(F)(F)C(F)(F)C(F)(F)F. The largest absolute Gasteiger partial charge is 0.461 e. The first-order valence-electron chi connectivity index (χ1n) is 3.76. The molecule has 0 radical (unpaired) electrons. The highest BCUT2D eigenvalue weighted by molar-refractivity contribution is 7.90. The van der Waals surface area contributed by atoms with Crippen LogP contribution < -0.4 is 4.72 Å². The fourth-order valence-corrected chi connectivity index (χ4v) is 1.48. The molecule has 1 N–H and O–H groups in total. The van der Waals surface area contributed by atoms with Crippen LogP contribution in [0.3, 0.4) is 0 Å². The van der Waals surface area contributed by atoms with Crippen molar-refractivity contribution in [2.24, 2.45) is 0 Å². The lowest BCUT2D eigenvalue weighted by Gasteiger charge is -2.27. The quantitative estimate of drug-likeness (QED) is 0.807. The third-order valence-electron chi connectivity index (χ3n) is 1.45. The first-order chi connectivity index (χ1) is 7.31. The molecule has 3 nitrogen and oxygen atoms in total. The maximum absolute atomic E-state index is 12.6. The van der Waals surface area contributed by atoms with E-state index in [4.69, 9.17) is 0 Å². The molecule has 0 aliphatic rings. The molecule has 0 aliphatic carbocycles. The molecule has 0 atom stereocenters. The maximum atomic E-state index is 12.6. The number of allylic oxidation sites excluding steroid dienone is 1. The number of hydrogen-bond donors (Lipinski definition) is 1. The molecule has 0 amide bonds. The minimum atomic E-state index is -6.70. The van der Waals surface area contributed by atoms with E-state index in [2.05, 4.69) is 0 Å². The van der Waals surface area contributed by atoms with Crippen molar-refractivity contribution in [3.05, 3.63) is 12.3 Å². The molecule has 0 spiro atoms. The van der Waals surface area contributed by atoms with Gasteiger partial charge in [-0.2, -0.15) is 39.2 Å². The maximum Gasteiger partial charge on any atom is 0.461 e. The van der Waals surface area contributed by atoms with Gasteiger partial charge in [0.15, 0.2) is 0 Å². The predicted octanol–water partition coefficient (Wildman–Crippen LogP) is 2.23. The summed E-state index contributed by atoms with van der Waals surface area (Å²) in [6, 6.07) is 0. The average molecular weight is 289 g/mol. The molecule has 0 aliphatic heterocycles. The van der Waals surface area contributed by atoms with Crippen LogP contribution in [0, 0.1) is 0 Å². The van der Waals surface area contributed by atoms with Gasteiger partial charge in [-0.25, -0.2) is 0 Å². The summed E-state index contributed by atoms with van der Waals surface area (Å²) < 4.78 is 107. The van der Waals surface area contributed by atoms with Crippen molar-refractivity contribution >= 4 is 10.0 Å². The summed E-state index contributed by atoms with van der Waals surface area (Å²) in [4.78, 5) is 0. The molecule has 11 heteroatoms. The zero-order valence-electron chi connectivity index (χ0n) is 8.03. The summed E-state index contributed by atoms with van der Waals surface area (Å²) in [5.41, 5.74) is 0. The molecule has 0 saturated heterocycles. The number of alkyl halides is 7. The predicted molar refractivity (Wildman–Crippen MR) is 42.8 cm³/mol. The van der Waals surface area contributed by atoms with Crippen LogP contribution in [0.15, 0.2) is 12.3 Å². The lowest BCUT2D eigenvalue weighted by atomic mass is 10.3. The highest BCUT2D eigenvalue weighted by atomic mass is 32.2. The Labute approximate surface area is 91.3 Å². The normalized spacial score (nSPS) is 15.3. The third kappa shape index (κ3) is 2.64. The number of halogens is 7. The number of hydrogen-bond acceptors (Lipinski definition) is 2. The van der Waals surface area contributed by atoms with Crippen molar-refractivity contribution in [3.8, 4) is 0 Å². The van der Waals surface area contributed by atoms with E-state index in [0.29, 0.717) is 0 Å². The van der Waals surface area contributed by atoms with Gasteiger partial charge in [0.2, 0.25) is 0 Å². The molecule has 102 valence electrons. The second-order valence-electron chi connectivity index (χ2n) is 2.71. The molecule has 0 aromatic rings. The standard InChI is InChI=1S/C6H6F7NO2S/c1-2-3-14-17(15,16)6(12,13)4(7,8)5(9,10)11/h2-3,14H,1H3/b3-2-. The molecule has 0 heterocycles. The van der Waals surface area contributed by atoms with Gasteiger partial charge in [-0.1, -0.05) is 6.08 Å². The molecule has 0 saturated carbocycles. The fourth-order valence-electron chi connectivity index (χ4n) is 0.565. The van der Waals surface area contributed by atoms with Crippen LogP contribution in [0.5, 0.6) is 0 Å². The van der Waals surface area contributed by atoms with Crippen molar-refractivity contribution in [1.29, 1.82) is 0 Å². The summed E-state index contributed by atoms with van der Waals surface area (Å²) in [7, 11) is -6.20. The molecule has 17 heavy (non-hydrogen) atoms. The molecular formula is C6H6F7NO2S. The Bertz CT molecular complexity index is 397. The molecule has 0 aromatic heterocycles. The molecule has 0 bridgehead atoms. The van der Waals surface area contributed by atoms with Gasteiger partial charge in [-0.3, -0.25) is 4.72 Å². The Kier molecular flexibility index (Phi) is 4.09. The summed E-state index contributed by atoms with van der Waals surface area (Å²) in [5, 5.41) is -6.32. The number of sulfonamides is 1. The molecule has 0 unspecified atom stereocenters. The van der Waals surface area contributed by atoms with Gasteiger partial charge in [0, 0.05) is 6.20 Å². The van der Waals surface area contributed by atoms with Gasteiger partial charge in [0.05, 0.1) is 0 Å². The van der Waals surface area contributed by atoms with Crippen LogP contribution >= 0.6 is 0 Å². The zero-order valence-corrected chi connectivity index (χ0v) is 8.84. The van der Waals surface area contributed by atoms with Crippen molar-refractivity contribution in [2.45, 2.75) is 24.3 Å². The summed E-state index contributed by atoms with van der Waals surface area (Å²) in [6.07, 6.45) is -5.59. The first kappa shape index (κ1) is 16.0. The molecular weight excluding hydrogens is 283 g/mol. The summed E-state index contributed by atoms with van der Waals surface area (Å²) >= 11 is 0. The van der Waals surface area contributed by atoms with Crippen LogP contribution in [-0.2, 0) is 10.0 Å². The minimum absolute atomic E-state index is 0.287. The monoisotopic (exact) mass is 289 g/mol. The Balaban J connectivity index is 5.56. The van der Waals surface area contributed by atoms with E-state index in [-0.39, 0.29) is 6.20 Å². The first-order valence-corrected chi connectivity index (χ1v) is 5.25. The van der Waals surface area contributed by atoms with Gasteiger partial charge in [0.25, 0.3) is 0 Å². The second kappa shape index (κ2) is 4.35. The summed E-state index contributed by atoms with van der Waals surface area (Å²) in [6.45, 7) is 1.13. The van der Waals surface area contributed by atoms with Gasteiger partial charge < -0.3 is 0 Å². The van der Waals surface area contributed by atoms with E-state index in [9.17, 15) is 39.2 Å². The molecule has 0 rings (SSSR count). The zero-order chi connectivity index (χ0) is 14.1. The van der Waals surface area contributed by atoms with E-state index in [1.54, 1.807) is 0 Å². The van der Waals surface area contributed by atoms with Crippen LogP contribution in [-0.4, -0.2) is 25.8 Å². The van der Waals surface area contributed by atoms with E-state index in [0.717, 1.165) is 17.7 Å². The number of rotatable bonds is 4. The second-order valence-corrected chi connectivity index (χ2v) is 4.47. The Morgan fingerprint density at radius 2 is 1.41 bits per heavy atom. The Morgan fingerprint density at radius 1 is 1.00 bits per heavy atom. The topological polar surface area (TPSA) is 46.2 Å². The van der Waals surface area contributed by atoms with Gasteiger partial charge >= 0.3 is 27.4 Å². The van der Waals surface area contributed by atoms with Crippen molar-refractivity contribution in [1.82, 2.24) is 4.72 Å². The third-order valence-corrected chi connectivity index (χ3v) is 2.83. The Hall–Kier alpha value is -1.00. The van der Waals surface area contributed by atoms with Crippen molar-refractivity contribution in [3.63, 3.8) is 0 Å². The van der Waals surface area contributed by atoms with E-state index in [1.165, 1.54) is 0 Å². The van der Waals surface area contributed by atoms with Crippen LogP contribution in [0.25, 0.3) is 0 Å². The van der Waals surface area contributed by atoms with E-state index in [1.807, 2.05) is 0 Å². The molecule has 0 aromatic carbocycles. The highest BCUT2D eigenvalue weighted by Gasteiger charge is 2.78. The van der Waals surface area contributed by atoms with Crippen molar-refractivity contribution < 1.29 is 39.2 Å². The summed E-state index contributed by atoms with van der Waals surface area (Å²) in [5.74, 6) is -6.70. The van der Waals surface area contributed by atoms with E-state index >= 15 is 0 Å². The highest BCUT2D eigenvalue weighted by Crippen LogP contribution is 2.48.